The van der Waals surface area contributed by atoms with Crippen molar-refractivity contribution in [2.45, 2.75) is 11.8 Å². The highest BCUT2D eigenvalue weighted by Gasteiger charge is 2.51. The Kier molecular flexibility index (Phi) is 3.14. The number of hydrogen-bond donors (Lipinski definition) is 2. The van der Waals surface area contributed by atoms with Crippen molar-refractivity contribution in [1.29, 1.82) is 0 Å². The average molecular weight is 351 g/mol. The number of amides is 1. The lowest BCUT2D eigenvalue weighted by Crippen LogP contribution is -2.38. The lowest BCUT2D eigenvalue weighted by molar-refractivity contribution is -0.120. The quantitative estimate of drug-likeness (QED) is 0.826. The van der Waals surface area contributed by atoms with Crippen LogP contribution in [0.15, 0.2) is 29.3 Å². The summed E-state index contributed by atoms with van der Waals surface area (Å²) in [6.07, 6.45) is 3.44. The molecule has 0 unspecified atom stereocenters. The molecule has 1 aromatic carbocycles. The molecule has 1 spiro atoms. The summed E-state index contributed by atoms with van der Waals surface area (Å²) < 4.78 is 0. The van der Waals surface area contributed by atoms with Crippen LogP contribution in [0.1, 0.15) is 12.0 Å². The molecule has 6 nitrogen and oxygen atoms in total. The molecule has 3 heterocycles. The monoisotopic (exact) mass is 350 g/mol. The average Bonchev–Trinajstić information content (AvgIpc) is 3.07. The van der Waals surface area contributed by atoms with Crippen LogP contribution in [0.25, 0.3) is 0 Å². The molecule has 2 aromatic rings. The smallest absolute Gasteiger partial charge is 0.266 e. The number of nitrogens with one attached hydrogen (secondary N) is 2. The van der Waals surface area contributed by atoms with Gasteiger partial charge in [-0.1, -0.05) is 23.2 Å². The number of hydrogen-bond acceptors (Lipinski definition) is 4. The Hall–Kier alpha value is -2.05. The number of nitrogens with zero attached hydrogens (tertiary/aromatic N) is 2. The molecular weight excluding hydrogens is 339 g/mol. The zero-order valence-corrected chi connectivity index (χ0v) is 13.4. The zero-order valence-electron chi connectivity index (χ0n) is 11.9. The van der Waals surface area contributed by atoms with Gasteiger partial charge in [0.1, 0.15) is 5.82 Å². The minimum Gasteiger partial charge on any atom is -0.354 e. The Bertz CT molecular complexity index is 862. The van der Waals surface area contributed by atoms with Gasteiger partial charge in [0.2, 0.25) is 5.91 Å². The lowest BCUT2D eigenvalue weighted by Gasteiger charge is -2.23. The van der Waals surface area contributed by atoms with Crippen molar-refractivity contribution in [3.8, 4) is 0 Å². The normalized spacial score (nSPS) is 22.5. The van der Waals surface area contributed by atoms with Gasteiger partial charge in [0.15, 0.2) is 0 Å². The van der Waals surface area contributed by atoms with Crippen LogP contribution in [0.5, 0.6) is 0 Å². The number of benzene rings is 1. The van der Waals surface area contributed by atoms with E-state index in [1.165, 1.54) is 6.20 Å². The largest absolute Gasteiger partial charge is 0.354 e. The van der Waals surface area contributed by atoms with E-state index in [2.05, 4.69) is 15.3 Å². The summed E-state index contributed by atoms with van der Waals surface area (Å²) in [5.41, 5.74) is 0.652. The predicted molar refractivity (Wildman–Crippen MR) is 88.5 cm³/mol. The number of aromatic nitrogens is 2. The molecule has 0 radical (unpaired) electrons. The molecule has 1 aromatic heterocycles. The second kappa shape index (κ2) is 4.97. The number of aromatic amines is 1. The molecule has 1 atom stereocenters. The van der Waals surface area contributed by atoms with Crippen LogP contribution in [-0.2, 0) is 10.2 Å². The summed E-state index contributed by atoms with van der Waals surface area (Å²) >= 11 is 12.2. The highest BCUT2D eigenvalue weighted by atomic mass is 35.5. The zero-order chi connectivity index (χ0) is 16.2. The molecule has 1 fully saturated rings. The molecule has 0 saturated carbocycles. The van der Waals surface area contributed by atoms with Crippen molar-refractivity contribution in [3.05, 3.63) is 50.5 Å². The number of H-pyrrole nitrogens is 1. The molecule has 1 amide bonds. The van der Waals surface area contributed by atoms with Gasteiger partial charge in [-0.2, -0.15) is 0 Å². The van der Waals surface area contributed by atoms with Gasteiger partial charge in [-0.25, -0.2) is 4.98 Å². The van der Waals surface area contributed by atoms with Gasteiger partial charge in [-0.05, 0) is 24.1 Å². The molecule has 2 aliphatic heterocycles. The summed E-state index contributed by atoms with van der Waals surface area (Å²) in [6, 6.07) is 3.45. The summed E-state index contributed by atoms with van der Waals surface area (Å²) in [4.78, 5) is 32.5. The molecule has 2 N–H and O–H groups in total. The van der Waals surface area contributed by atoms with Crippen molar-refractivity contribution >= 4 is 40.6 Å². The second-order valence-corrected chi connectivity index (χ2v) is 6.60. The van der Waals surface area contributed by atoms with Gasteiger partial charge in [0, 0.05) is 25.0 Å². The number of fused-ring (bicyclic) bond motifs is 2. The molecule has 23 heavy (non-hydrogen) atoms. The van der Waals surface area contributed by atoms with Gasteiger partial charge in [-0.3, -0.25) is 9.59 Å². The maximum absolute atomic E-state index is 12.6. The molecule has 4 rings (SSSR count). The van der Waals surface area contributed by atoms with Gasteiger partial charge in [-0.15, -0.1) is 0 Å². The SMILES string of the molecule is O=C1Nc2cc(Cl)c(Cl)cc2[C@]12CCN(c1c[nH]c(=O)cn1)C2. The molecule has 0 bridgehead atoms. The third-order valence-corrected chi connectivity index (χ3v) is 5.23. The molecular formula is C15H12Cl2N4O2. The fourth-order valence-corrected chi connectivity index (χ4v) is 3.66. The molecule has 8 heteroatoms. The topological polar surface area (TPSA) is 78.1 Å². The van der Waals surface area contributed by atoms with Crippen LogP contribution in [-0.4, -0.2) is 29.0 Å². The standard InChI is InChI=1S/C15H12Cl2N4O2/c16-9-3-8-11(4-10(9)17)20-14(23)15(8)1-2-21(7-15)12-5-19-13(22)6-18-12/h3-6H,1-2,7H2,(H,19,22)(H,20,23)/t15-/m1/s1. The lowest BCUT2D eigenvalue weighted by atomic mass is 9.81. The van der Waals surface area contributed by atoms with Crippen LogP contribution in [0.3, 0.4) is 0 Å². The van der Waals surface area contributed by atoms with Crippen LogP contribution < -0.4 is 15.8 Å². The molecule has 118 valence electrons. The minimum atomic E-state index is -0.665. The number of carbonyl (C=O) groups is 1. The Morgan fingerprint density at radius 3 is 2.74 bits per heavy atom. The molecule has 2 aliphatic rings. The first-order chi connectivity index (χ1) is 11.0. The fourth-order valence-electron chi connectivity index (χ4n) is 3.33. The number of carbonyl (C=O) groups excluding carboxylic acids is 1. The minimum absolute atomic E-state index is 0.0576. The van der Waals surface area contributed by atoms with E-state index in [1.54, 1.807) is 18.3 Å². The number of rotatable bonds is 1. The Morgan fingerprint density at radius 2 is 2.00 bits per heavy atom. The Balaban J connectivity index is 1.73. The van der Waals surface area contributed by atoms with Crippen molar-refractivity contribution in [3.63, 3.8) is 0 Å². The van der Waals surface area contributed by atoms with Gasteiger partial charge in [0.25, 0.3) is 5.56 Å². The summed E-state index contributed by atoms with van der Waals surface area (Å²) in [5, 5.41) is 3.74. The Morgan fingerprint density at radius 1 is 1.22 bits per heavy atom. The van der Waals surface area contributed by atoms with E-state index in [-0.39, 0.29) is 11.5 Å². The van der Waals surface area contributed by atoms with Crippen molar-refractivity contribution < 1.29 is 4.79 Å². The molecule has 1 saturated heterocycles. The van der Waals surface area contributed by atoms with Crippen LogP contribution in [0, 0.1) is 0 Å². The maximum Gasteiger partial charge on any atom is 0.266 e. The summed E-state index contributed by atoms with van der Waals surface area (Å²) in [6.45, 7) is 1.13. The van der Waals surface area contributed by atoms with E-state index in [0.717, 1.165) is 5.56 Å². The van der Waals surface area contributed by atoms with E-state index in [9.17, 15) is 9.59 Å². The van der Waals surface area contributed by atoms with E-state index in [1.807, 2.05) is 4.90 Å². The fraction of sp³-hybridized carbons (Fsp3) is 0.267. The van der Waals surface area contributed by atoms with Crippen molar-refractivity contribution in [2.24, 2.45) is 0 Å². The first-order valence-electron chi connectivity index (χ1n) is 7.10. The third-order valence-electron chi connectivity index (χ3n) is 4.51. The van der Waals surface area contributed by atoms with Gasteiger partial charge in [0.05, 0.1) is 21.7 Å². The van der Waals surface area contributed by atoms with E-state index < -0.39 is 5.41 Å². The summed E-state index contributed by atoms with van der Waals surface area (Å²) in [5.74, 6) is 0.584. The highest BCUT2D eigenvalue weighted by molar-refractivity contribution is 6.42. The van der Waals surface area contributed by atoms with E-state index >= 15 is 0 Å². The first-order valence-corrected chi connectivity index (χ1v) is 7.86. The predicted octanol–water partition coefficient (Wildman–Crippen LogP) is 2.18. The van der Waals surface area contributed by atoms with Crippen LogP contribution in [0.4, 0.5) is 11.5 Å². The van der Waals surface area contributed by atoms with Crippen molar-refractivity contribution in [1.82, 2.24) is 9.97 Å². The van der Waals surface area contributed by atoms with Crippen LogP contribution in [0.2, 0.25) is 10.0 Å². The summed E-state index contributed by atoms with van der Waals surface area (Å²) in [7, 11) is 0. The van der Waals surface area contributed by atoms with Crippen molar-refractivity contribution in [2.75, 3.05) is 23.3 Å². The molecule has 0 aliphatic carbocycles. The van der Waals surface area contributed by atoms with Gasteiger partial charge < -0.3 is 15.2 Å². The third kappa shape index (κ3) is 2.13. The number of anilines is 2. The van der Waals surface area contributed by atoms with E-state index in [4.69, 9.17) is 23.2 Å². The second-order valence-electron chi connectivity index (χ2n) is 5.79. The maximum atomic E-state index is 12.6. The van der Waals surface area contributed by atoms with Gasteiger partial charge >= 0.3 is 0 Å². The van der Waals surface area contributed by atoms with Crippen LogP contribution >= 0.6 is 23.2 Å². The highest BCUT2D eigenvalue weighted by Crippen LogP contribution is 2.47. The Labute approximate surface area is 141 Å². The first kappa shape index (κ1) is 14.5. The van der Waals surface area contributed by atoms with E-state index in [0.29, 0.717) is 41.1 Å². The number of halogens is 2.